The van der Waals surface area contributed by atoms with E-state index in [1.54, 1.807) is 30.0 Å². The quantitative estimate of drug-likeness (QED) is 0.838. The van der Waals surface area contributed by atoms with Gasteiger partial charge in [-0.2, -0.15) is 11.8 Å². The molecule has 0 saturated carbocycles. The van der Waals surface area contributed by atoms with Crippen LogP contribution in [0, 0.1) is 11.8 Å². The lowest BCUT2D eigenvalue weighted by Gasteiger charge is -2.10. The minimum absolute atomic E-state index is 0.149. The zero-order valence-electron chi connectivity index (χ0n) is 10.9. The molecule has 1 amide bonds. The molecular formula is C14H16ClNO2S. The summed E-state index contributed by atoms with van der Waals surface area (Å²) in [4.78, 5) is 11.9. The fourth-order valence-corrected chi connectivity index (χ4v) is 1.79. The van der Waals surface area contributed by atoms with E-state index in [0.717, 1.165) is 0 Å². The van der Waals surface area contributed by atoms with E-state index in [-0.39, 0.29) is 12.5 Å². The lowest BCUT2D eigenvalue weighted by molar-refractivity contribution is 0.0954. The van der Waals surface area contributed by atoms with E-state index in [4.69, 9.17) is 16.7 Å². The van der Waals surface area contributed by atoms with E-state index < -0.39 is 0 Å². The van der Waals surface area contributed by atoms with Gasteiger partial charge in [0.15, 0.2) is 0 Å². The summed E-state index contributed by atoms with van der Waals surface area (Å²) in [7, 11) is 0. The summed E-state index contributed by atoms with van der Waals surface area (Å²) in [5.74, 6) is 5.09. The molecule has 0 radical (unpaired) electrons. The van der Waals surface area contributed by atoms with Gasteiger partial charge in [-0.1, -0.05) is 30.4 Å². The molecule has 5 heteroatoms. The minimum atomic E-state index is -0.217. The number of carbonyl (C=O) groups excluding carboxylic acids is 1. The molecule has 1 unspecified atom stereocenters. The highest BCUT2D eigenvalue weighted by Crippen LogP contribution is 2.17. The van der Waals surface area contributed by atoms with Gasteiger partial charge >= 0.3 is 0 Å². The van der Waals surface area contributed by atoms with E-state index in [9.17, 15) is 4.79 Å². The topological polar surface area (TPSA) is 49.3 Å². The Kier molecular flexibility index (Phi) is 6.79. The van der Waals surface area contributed by atoms with Crippen LogP contribution in [0.1, 0.15) is 22.8 Å². The Labute approximate surface area is 122 Å². The van der Waals surface area contributed by atoms with Crippen LogP contribution in [0.4, 0.5) is 0 Å². The number of hydrogen-bond donors (Lipinski definition) is 2. The predicted octanol–water partition coefficient (Wildman–Crippen LogP) is 2.17. The standard InChI is InChI=1S/C14H16ClNO2S/c1-10(19-2)9-16-14(18)12-6-5-11(4-3-7-17)13(15)8-12/h5-6,8,10,17H,7,9H2,1-2H3,(H,16,18). The molecule has 102 valence electrons. The third-order valence-corrected chi connectivity index (χ3v) is 3.77. The van der Waals surface area contributed by atoms with Gasteiger partial charge in [-0.25, -0.2) is 0 Å². The smallest absolute Gasteiger partial charge is 0.251 e. The van der Waals surface area contributed by atoms with Crippen LogP contribution in [0.2, 0.25) is 5.02 Å². The second-order valence-corrected chi connectivity index (χ2v) is 5.59. The van der Waals surface area contributed by atoms with E-state index in [1.807, 2.05) is 13.2 Å². The summed E-state index contributed by atoms with van der Waals surface area (Å²) in [6, 6.07) is 4.94. The van der Waals surface area contributed by atoms with Crippen molar-refractivity contribution in [2.24, 2.45) is 0 Å². The molecular weight excluding hydrogens is 282 g/mol. The van der Waals surface area contributed by atoms with Crippen molar-refractivity contribution in [3.63, 3.8) is 0 Å². The summed E-state index contributed by atoms with van der Waals surface area (Å²) < 4.78 is 0. The number of halogens is 1. The number of carbonyl (C=O) groups is 1. The van der Waals surface area contributed by atoms with Gasteiger partial charge in [0, 0.05) is 22.9 Å². The third kappa shape index (κ3) is 5.15. The molecule has 0 aromatic heterocycles. The first-order valence-electron chi connectivity index (χ1n) is 5.78. The molecule has 19 heavy (non-hydrogen) atoms. The second kappa shape index (κ2) is 8.11. The maximum atomic E-state index is 11.9. The Morgan fingerprint density at radius 1 is 1.58 bits per heavy atom. The molecule has 2 N–H and O–H groups in total. The van der Waals surface area contributed by atoms with Gasteiger partial charge in [-0.15, -0.1) is 0 Å². The lowest BCUT2D eigenvalue weighted by Crippen LogP contribution is -2.29. The molecule has 0 heterocycles. The molecule has 0 fully saturated rings. The Morgan fingerprint density at radius 3 is 2.89 bits per heavy atom. The van der Waals surface area contributed by atoms with Crippen LogP contribution in [0.25, 0.3) is 0 Å². The molecule has 1 rings (SSSR count). The van der Waals surface area contributed by atoms with Crippen LogP contribution in [0.15, 0.2) is 18.2 Å². The largest absolute Gasteiger partial charge is 0.384 e. The second-order valence-electron chi connectivity index (χ2n) is 3.91. The number of aliphatic hydroxyl groups is 1. The van der Waals surface area contributed by atoms with Crippen molar-refractivity contribution in [3.8, 4) is 11.8 Å². The summed E-state index contributed by atoms with van der Waals surface area (Å²) in [5, 5.41) is 12.2. The number of benzene rings is 1. The van der Waals surface area contributed by atoms with Gasteiger partial charge in [0.05, 0.1) is 5.02 Å². The third-order valence-electron chi connectivity index (χ3n) is 2.49. The number of thioether (sulfide) groups is 1. The first-order valence-corrected chi connectivity index (χ1v) is 7.45. The van der Waals surface area contributed by atoms with Crippen LogP contribution in [-0.2, 0) is 0 Å². The van der Waals surface area contributed by atoms with Gasteiger partial charge in [0.1, 0.15) is 6.61 Å². The average molecular weight is 298 g/mol. The number of rotatable bonds is 4. The lowest BCUT2D eigenvalue weighted by atomic mass is 10.1. The van der Waals surface area contributed by atoms with Crippen molar-refractivity contribution in [1.29, 1.82) is 0 Å². The first-order chi connectivity index (χ1) is 9.08. The maximum absolute atomic E-state index is 11.9. The van der Waals surface area contributed by atoms with Crippen LogP contribution >= 0.6 is 23.4 Å². The predicted molar refractivity (Wildman–Crippen MR) is 80.7 cm³/mol. The average Bonchev–Trinajstić information content (AvgIpc) is 2.42. The SMILES string of the molecule is CSC(C)CNC(=O)c1ccc(C#CCO)c(Cl)c1. The molecule has 0 bridgehead atoms. The van der Waals surface area contributed by atoms with Gasteiger partial charge in [0.2, 0.25) is 0 Å². The molecule has 0 aliphatic rings. The van der Waals surface area contributed by atoms with Crippen LogP contribution < -0.4 is 5.32 Å². The summed E-state index contributed by atoms with van der Waals surface area (Å²) in [6.45, 7) is 2.44. The Bertz CT molecular complexity index is 508. The summed E-state index contributed by atoms with van der Waals surface area (Å²) >= 11 is 7.72. The first kappa shape index (κ1) is 15.9. The number of aliphatic hydroxyl groups excluding tert-OH is 1. The fourth-order valence-electron chi connectivity index (χ4n) is 1.31. The van der Waals surface area contributed by atoms with Crippen molar-refractivity contribution in [1.82, 2.24) is 5.32 Å². The fraction of sp³-hybridized carbons (Fsp3) is 0.357. The highest BCUT2D eigenvalue weighted by molar-refractivity contribution is 7.99. The van der Waals surface area contributed by atoms with Crippen LogP contribution in [0.5, 0.6) is 0 Å². The molecule has 0 aliphatic heterocycles. The van der Waals surface area contributed by atoms with E-state index >= 15 is 0 Å². The van der Waals surface area contributed by atoms with Crippen molar-refractivity contribution in [3.05, 3.63) is 34.3 Å². The molecule has 0 aliphatic carbocycles. The van der Waals surface area contributed by atoms with E-state index in [0.29, 0.717) is 27.9 Å². The van der Waals surface area contributed by atoms with Crippen molar-refractivity contribution in [2.45, 2.75) is 12.2 Å². The van der Waals surface area contributed by atoms with Gasteiger partial charge in [-0.3, -0.25) is 4.79 Å². The van der Waals surface area contributed by atoms with E-state index in [2.05, 4.69) is 17.2 Å². The normalized spacial score (nSPS) is 11.4. The Hall–Kier alpha value is -1.15. The summed E-state index contributed by atoms with van der Waals surface area (Å²) in [5.41, 5.74) is 1.11. The Balaban J connectivity index is 2.74. The zero-order valence-corrected chi connectivity index (χ0v) is 12.4. The highest BCUT2D eigenvalue weighted by atomic mass is 35.5. The molecule has 3 nitrogen and oxygen atoms in total. The maximum Gasteiger partial charge on any atom is 0.251 e. The summed E-state index contributed by atoms with van der Waals surface area (Å²) in [6.07, 6.45) is 2.00. The van der Waals surface area contributed by atoms with Crippen LogP contribution in [-0.4, -0.2) is 35.7 Å². The van der Waals surface area contributed by atoms with Gasteiger partial charge in [-0.05, 0) is 24.5 Å². The molecule has 1 aromatic rings. The van der Waals surface area contributed by atoms with Crippen molar-refractivity contribution < 1.29 is 9.90 Å². The van der Waals surface area contributed by atoms with Crippen molar-refractivity contribution >= 4 is 29.3 Å². The van der Waals surface area contributed by atoms with Crippen molar-refractivity contribution in [2.75, 3.05) is 19.4 Å². The highest BCUT2D eigenvalue weighted by Gasteiger charge is 2.09. The molecule has 0 saturated heterocycles. The molecule has 1 aromatic carbocycles. The number of hydrogen-bond acceptors (Lipinski definition) is 3. The minimum Gasteiger partial charge on any atom is -0.384 e. The molecule has 1 atom stereocenters. The van der Waals surface area contributed by atoms with Gasteiger partial charge in [0.25, 0.3) is 5.91 Å². The monoisotopic (exact) mass is 297 g/mol. The number of amides is 1. The Morgan fingerprint density at radius 2 is 2.32 bits per heavy atom. The molecule has 0 spiro atoms. The van der Waals surface area contributed by atoms with Crippen LogP contribution in [0.3, 0.4) is 0 Å². The zero-order chi connectivity index (χ0) is 14.3. The van der Waals surface area contributed by atoms with E-state index in [1.165, 1.54) is 0 Å². The number of nitrogens with one attached hydrogen (secondary N) is 1. The van der Waals surface area contributed by atoms with Gasteiger partial charge < -0.3 is 10.4 Å².